The molecule has 1 unspecified atom stereocenters. The molecule has 7 heteroatoms. The van der Waals surface area contributed by atoms with Gasteiger partial charge in [-0.2, -0.15) is 0 Å². The third-order valence-electron chi connectivity index (χ3n) is 2.73. The van der Waals surface area contributed by atoms with Crippen molar-refractivity contribution in [2.45, 2.75) is 26.4 Å². The second-order valence-electron chi connectivity index (χ2n) is 4.66. The molecule has 0 fully saturated rings. The van der Waals surface area contributed by atoms with Crippen LogP contribution < -0.4 is 11.1 Å². The maximum absolute atomic E-state index is 11.9. The minimum Gasteiger partial charge on any atom is -0.323 e. The molecule has 0 saturated carbocycles. The van der Waals surface area contributed by atoms with Gasteiger partial charge in [0.05, 0.1) is 17.6 Å². The smallest absolute Gasteiger partial charge is 0.246 e. The van der Waals surface area contributed by atoms with E-state index in [-0.39, 0.29) is 18.5 Å². The van der Waals surface area contributed by atoms with Crippen LogP contribution in [0.4, 0.5) is 5.69 Å². The number of amides is 1. The van der Waals surface area contributed by atoms with E-state index in [2.05, 4.69) is 31.6 Å². The van der Waals surface area contributed by atoms with Crippen molar-refractivity contribution in [3.05, 3.63) is 40.1 Å². The number of rotatable bonds is 4. The fourth-order valence-electron chi connectivity index (χ4n) is 1.66. The van der Waals surface area contributed by atoms with E-state index in [0.29, 0.717) is 5.69 Å². The van der Waals surface area contributed by atoms with Gasteiger partial charge in [-0.1, -0.05) is 11.3 Å². The number of nitrogens with two attached hydrogens (primary N) is 1. The number of nitrogens with zero attached hydrogens (tertiary/aromatic N) is 3. The maximum Gasteiger partial charge on any atom is 0.246 e. The molecule has 0 bridgehead atoms. The Hall–Kier alpha value is -1.73. The molecule has 2 rings (SSSR count). The van der Waals surface area contributed by atoms with Crippen molar-refractivity contribution in [1.29, 1.82) is 0 Å². The summed E-state index contributed by atoms with van der Waals surface area (Å²) in [6, 6.07) is 5.54. The quantitative estimate of drug-likeness (QED) is 0.893. The van der Waals surface area contributed by atoms with Crippen LogP contribution in [0.3, 0.4) is 0 Å². The van der Waals surface area contributed by atoms with Crippen molar-refractivity contribution in [3.63, 3.8) is 0 Å². The Bertz CT molecular complexity index is 623. The van der Waals surface area contributed by atoms with Crippen LogP contribution >= 0.6 is 15.9 Å². The lowest BCUT2D eigenvalue weighted by atomic mass is 10.2. The van der Waals surface area contributed by atoms with Crippen LogP contribution in [-0.4, -0.2) is 20.9 Å². The van der Waals surface area contributed by atoms with Gasteiger partial charge in [-0.25, -0.2) is 4.68 Å². The highest BCUT2D eigenvalue weighted by atomic mass is 79.9. The van der Waals surface area contributed by atoms with E-state index in [1.807, 2.05) is 32.0 Å². The van der Waals surface area contributed by atoms with Crippen LogP contribution in [0.2, 0.25) is 0 Å². The molecule has 106 valence electrons. The van der Waals surface area contributed by atoms with Gasteiger partial charge in [0, 0.05) is 10.5 Å². The average molecular weight is 338 g/mol. The van der Waals surface area contributed by atoms with Crippen molar-refractivity contribution >= 4 is 27.5 Å². The number of anilines is 1. The van der Waals surface area contributed by atoms with E-state index in [0.717, 1.165) is 15.7 Å². The highest BCUT2D eigenvalue weighted by Gasteiger charge is 2.10. The number of benzene rings is 1. The van der Waals surface area contributed by atoms with Crippen LogP contribution in [0.25, 0.3) is 0 Å². The minimum absolute atomic E-state index is 0.0973. The van der Waals surface area contributed by atoms with Crippen LogP contribution in [-0.2, 0) is 11.3 Å². The Morgan fingerprint density at radius 3 is 2.90 bits per heavy atom. The van der Waals surface area contributed by atoms with Gasteiger partial charge in [-0.3, -0.25) is 4.79 Å². The summed E-state index contributed by atoms with van der Waals surface area (Å²) >= 11 is 3.42. The Balaban J connectivity index is 2.01. The zero-order chi connectivity index (χ0) is 14.7. The van der Waals surface area contributed by atoms with Crippen LogP contribution in [0.1, 0.15) is 24.2 Å². The van der Waals surface area contributed by atoms with Gasteiger partial charge in [-0.15, -0.1) is 5.10 Å². The van der Waals surface area contributed by atoms with Gasteiger partial charge >= 0.3 is 0 Å². The molecule has 6 nitrogen and oxygen atoms in total. The molecule has 0 aliphatic rings. The van der Waals surface area contributed by atoms with E-state index < -0.39 is 0 Å². The molecule has 1 atom stereocenters. The summed E-state index contributed by atoms with van der Waals surface area (Å²) < 4.78 is 2.32. The zero-order valence-corrected chi connectivity index (χ0v) is 12.9. The molecule has 1 heterocycles. The molecule has 1 amide bonds. The predicted molar refractivity (Wildman–Crippen MR) is 80.1 cm³/mol. The highest BCUT2D eigenvalue weighted by Crippen LogP contribution is 2.23. The first kappa shape index (κ1) is 14.7. The summed E-state index contributed by atoms with van der Waals surface area (Å²) in [7, 11) is 0. The second kappa shape index (κ2) is 6.15. The van der Waals surface area contributed by atoms with Gasteiger partial charge in [0.2, 0.25) is 5.91 Å². The summed E-state index contributed by atoms with van der Waals surface area (Å²) in [5.74, 6) is -0.171. The molecule has 2 aromatic rings. The molecule has 3 N–H and O–H groups in total. The molecule has 0 aliphatic carbocycles. The fraction of sp³-hybridized carbons (Fsp3) is 0.308. The van der Waals surface area contributed by atoms with Gasteiger partial charge in [0.25, 0.3) is 0 Å². The summed E-state index contributed by atoms with van der Waals surface area (Å²) in [5.41, 5.74) is 8.20. The maximum atomic E-state index is 11.9. The summed E-state index contributed by atoms with van der Waals surface area (Å²) in [6.45, 7) is 3.90. The number of aryl methyl sites for hydroxylation is 1. The SMILES string of the molecule is Cc1ccc(NC(=O)Cn2cc(C(C)N)nn2)c(Br)c1. The van der Waals surface area contributed by atoms with Crippen molar-refractivity contribution in [3.8, 4) is 0 Å². The molecule has 1 aromatic carbocycles. The Morgan fingerprint density at radius 1 is 1.55 bits per heavy atom. The van der Waals surface area contributed by atoms with Crippen molar-refractivity contribution < 1.29 is 4.79 Å². The number of carbonyl (C=O) groups excluding carboxylic acids is 1. The first-order valence-corrected chi connectivity index (χ1v) is 6.96. The normalized spacial score (nSPS) is 12.2. The number of aromatic nitrogens is 3. The van der Waals surface area contributed by atoms with Crippen LogP contribution in [0, 0.1) is 6.92 Å². The first-order chi connectivity index (χ1) is 9.45. The molecule has 0 spiro atoms. The van der Waals surface area contributed by atoms with Crippen LogP contribution in [0.15, 0.2) is 28.9 Å². The largest absolute Gasteiger partial charge is 0.323 e. The average Bonchev–Trinajstić information content (AvgIpc) is 2.81. The molecule has 0 aliphatic heterocycles. The summed E-state index contributed by atoms with van der Waals surface area (Å²) in [6.07, 6.45) is 1.68. The molecule has 20 heavy (non-hydrogen) atoms. The molecular formula is C13H16BrN5O. The summed E-state index contributed by atoms with van der Waals surface area (Å²) in [4.78, 5) is 11.9. The van der Waals surface area contributed by atoms with Gasteiger partial charge in [0.1, 0.15) is 6.54 Å². The van der Waals surface area contributed by atoms with Crippen LogP contribution in [0.5, 0.6) is 0 Å². The van der Waals surface area contributed by atoms with E-state index in [1.54, 1.807) is 6.20 Å². The Morgan fingerprint density at radius 2 is 2.30 bits per heavy atom. The third kappa shape index (κ3) is 3.64. The van der Waals surface area contributed by atoms with E-state index in [1.165, 1.54) is 4.68 Å². The number of hydrogen-bond donors (Lipinski definition) is 2. The number of carbonyl (C=O) groups is 1. The van der Waals surface area contributed by atoms with E-state index >= 15 is 0 Å². The predicted octanol–water partition coefficient (Wildman–Crippen LogP) is 2.01. The van der Waals surface area contributed by atoms with Crippen molar-refractivity contribution in [2.75, 3.05) is 5.32 Å². The summed E-state index contributed by atoms with van der Waals surface area (Å²) in [5, 5.41) is 10.6. The second-order valence-corrected chi connectivity index (χ2v) is 5.52. The third-order valence-corrected chi connectivity index (χ3v) is 3.38. The first-order valence-electron chi connectivity index (χ1n) is 6.17. The molecular weight excluding hydrogens is 322 g/mol. The zero-order valence-electron chi connectivity index (χ0n) is 11.3. The monoisotopic (exact) mass is 337 g/mol. The number of hydrogen-bond acceptors (Lipinski definition) is 4. The Labute approximate surface area is 125 Å². The fourth-order valence-corrected chi connectivity index (χ4v) is 2.25. The van der Waals surface area contributed by atoms with Gasteiger partial charge in [-0.05, 0) is 47.5 Å². The minimum atomic E-state index is -0.196. The molecule has 0 radical (unpaired) electrons. The lowest BCUT2D eigenvalue weighted by Crippen LogP contribution is -2.19. The van der Waals surface area contributed by atoms with Gasteiger partial charge < -0.3 is 11.1 Å². The molecule has 1 aromatic heterocycles. The number of halogens is 1. The molecule has 0 saturated heterocycles. The lowest BCUT2D eigenvalue weighted by Gasteiger charge is -2.07. The topological polar surface area (TPSA) is 85.8 Å². The van der Waals surface area contributed by atoms with E-state index in [9.17, 15) is 4.79 Å². The van der Waals surface area contributed by atoms with Gasteiger partial charge in [0.15, 0.2) is 0 Å². The number of nitrogens with one attached hydrogen (secondary N) is 1. The standard InChI is InChI=1S/C13H16BrN5O/c1-8-3-4-11(10(14)5-8)16-13(20)7-19-6-12(9(2)15)17-18-19/h3-6,9H,7,15H2,1-2H3,(H,16,20). The van der Waals surface area contributed by atoms with E-state index in [4.69, 9.17) is 5.73 Å². The van der Waals surface area contributed by atoms with Crippen molar-refractivity contribution in [1.82, 2.24) is 15.0 Å². The Kier molecular flexibility index (Phi) is 4.51. The highest BCUT2D eigenvalue weighted by molar-refractivity contribution is 9.10. The van der Waals surface area contributed by atoms with Crippen molar-refractivity contribution in [2.24, 2.45) is 5.73 Å². The lowest BCUT2D eigenvalue weighted by molar-refractivity contribution is -0.116.